The molecule has 1 amide bonds. The molecule has 0 saturated heterocycles. The molecule has 0 unspecified atom stereocenters. The van der Waals surface area contributed by atoms with Gasteiger partial charge in [-0.1, -0.05) is 48.5 Å². The highest BCUT2D eigenvalue weighted by atomic mass is 32.2. The van der Waals surface area contributed by atoms with Crippen LogP contribution in [-0.2, 0) is 27.8 Å². The number of para-hydroxylation sites is 1. The van der Waals surface area contributed by atoms with Crippen LogP contribution in [0.1, 0.15) is 12.5 Å². The van der Waals surface area contributed by atoms with Gasteiger partial charge in [0.15, 0.2) is 11.5 Å². The molecule has 5 aromatic rings. The number of aromatic nitrogens is 1. The molecule has 9 heteroatoms. The Morgan fingerprint density at radius 1 is 0.825 bits per heavy atom. The van der Waals surface area contributed by atoms with Crippen LogP contribution in [0.5, 0.6) is 11.5 Å². The van der Waals surface area contributed by atoms with E-state index in [4.69, 9.17) is 9.47 Å². The molecule has 1 heterocycles. The van der Waals surface area contributed by atoms with E-state index in [-0.39, 0.29) is 17.1 Å². The first-order chi connectivity index (χ1) is 19.3. The van der Waals surface area contributed by atoms with E-state index in [0.717, 1.165) is 33.9 Å². The molecule has 0 aliphatic rings. The number of nitrogens with zero attached hydrogens (tertiary/aromatic N) is 1. The van der Waals surface area contributed by atoms with E-state index in [1.54, 1.807) is 0 Å². The fraction of sp³-hybridized carbons (Fsp3) is 0.194. The quantitative estimate of drug-likeness (QED) is 0.241. The third-order valence-corrected chi connectivity index (χ3v) is 8.39. The Morgan fingerprint density at radius 2 is 1.52 bits per heavy atom. The van der Waals surface area contributed by atoms with E-state index in [2.05, 4.69) is 33.7 Å². The van der Waals surface area contributed by atoms with Gasteiger partial charge in [-0.05, 0) is 55.3 Å². The van der Waals surface area contributed by atoms with Gasteiger partial charge in [0.25, 0.3) is 0 Å². The highest BCUT2D eigenvalue weighted by molar-refractivity contribution is 7.89. The number of hydrogen-bond acceptors (Lipinski definition) is 5. The van der Waals surface area contributed by atoms with Crippen LogP contribution in [0.3, 0.4) is 0 Å². The lowest BCUT2D eigenvalue weighted by Crippen LogP contribution is -2.45. The second-order valence-electron chi connectivity index (χ2n) is 9.36. The minimum atomic E-state index is -4.09. The maximum Gasteiger partial charge on any atom is 0.242 e. The summed E-state index contributed by atoms with van der Waals surface area (Å²) in [4.78, 5) is 13.6. The number of nitrogens with one attached hydrogen (secondary N) is 2. The number of fused-ring (bicyclic) bond motifs is 3. The van der Waals surface area contributed by atoms with Crippen LogP contribution >= 0.6 is 0 Å². The topological polar surface area (TPSA) is 98.7 Å². The van der Waals surface area contributed by atoms with Gasteiger partial charge in [-0.2, -0.15) is 4.72 Å². The third-order valence-electron chi connectivity index (χ3n) is 6.92. The van der Waals surface area contributed by atoms with Crippen LogP contribution in [0, 0.1) is 0 Å². The van der Waals surface area contributed by atoms with Gasteiger partial charge in [0.2, 0.25) is 15.9 Å². The number of ether oxygens (including phenoxy) is 2. The zero-order valence-corrected chi connectivity index (χ0v) is 23.4. The van der Waals surface area contributed by atoms with Crippen LogP contribution in [0.25, 0.3) is 21.8 Å². The summed E-state index contributed by atoms with van der Waals surface area (Å²) in [5.74, 6) is 0.209. The number of benzene rings is 4. The number of methoxy groups -OCH3 is 2. The lowest BCUT2D eigenvalue weighted by molar-refractivity contribution is -0.117. The number of carbonyl (C=O) groups excluding carboxylic acids is 1. The summed E-state index contributed by atoms with van der Waals surface area (Å²) in [6.45, 7) is 2.91. The van der Waals surface area contributed by atoms with Gasteiger partial charge in [0, 0.05) is 40.1 Å². The molecule has 0 radical (unpaired) electrons. The van der Waals surface area contributed by atoms with Crippen molar-refractivity contribution in [1.82, 2.24) is 9.29 Å². The number of aryl methyl sites for hydroxylation is 1. The monoisotopic (exact) mass is 557 g/mol. The summed E-state index contributed by atoms with van der Waals surface area (Å²) in [7, 11) is -1.18. The van der Waals surface area contributed by atoms with Crippen LogP contribution < -0.4 is 19.5 Å². The molecule has 1 aromatic heterocycles. The van der Waals surface area contributed by atoms with Crippen LogP contribution in [-0.4, -0.2) is 39.2 Å². The number of amides is 1. The second kappa shape index (κ2) is 11.4. The molecule has 40 heavy (non-hydrogen) atoms. The summed E-state index contributed by atoms with van der Waals surface area (Å²) in [5.41, 5.74) is 3.59. The molecule has 206 valence electrons. The highest BCUT2D eigenvalue weighted by Crippen LogP contribution is 2.32. The number of rotatable bonds is 10. The van der Waals surface area contributed by atoms with Gasteiger partial charge in [-0.3, -0.25) is 4.79 Å². The molecule has 8 nitrogen and oxygen atoms in total. The van der Waals surface area contributed by atoms with Crippen LogP contribution in [0.15, 0.2) is 95.9 Å². The Labute approximate surface area is 233 Å². The molecule has 4 aromatic carbocycles. The largest absolute Gasteiger partial charge is 0.493 e. The minimum absolute atomic E-state index is 0.0372. The third kappa shape index (κ3) is 5.38. The summed E-state index contributed by atoms with van der Waals surface area (Å²) < 4.78 is 42.2. The predicted octanol–water partition coefficient (Wildman–Crippen LogP) is 5.36. The normalized spacial score (nSPS) is 12.4. The first-order valence-corrected chi connectivity index (χ1v) is 14.4. The Morgan fingerprint density at radius 3 is 2.25 bits per heavy atom. The lowest BCUT2D eigenvalue weighted by Gasteiger charge is -2.19. The van der Waals surface area contributed by atoms with Crippen LogP contribution in [0.4, 0.5) is 5.69 Å². The summed E-state index contributed by atoms with van der Waals surface area (Å²) in [6, 6.07) is 26.4. The van der Waals surface area contributed by atoms with Gasteiger partial charge < -0.3 is 19.4 Å². The Bertz CT molecular complexity index is 1780. The molecule has 1 atom stereocenters. The second-order valence-corrected chi connectivity index (χ2v) is 11.1. The maximum atomic E-state index is 13.6. The minimum Gasteiger partial charge on any atom is -0.493 e. The number of anilines is 1. The van der Waals surface area contributed by atoms with Crippen molar-refractivity contribution in [2.45, 2.75) is 30.8 Å². The smallest absolute Gasteiger partial charge is 0.242 e. The van der Waals surface area contributed by atoms with E-state index in [1.165, 1.54) is 32.4 Å². The Kier molecular flexibility index (Phi) is 7.77. The molecular weight excluding hydrogens is 526 g/mol. The molecule has 0 bridgehead atoms. The molecular formula is C31H31N3O5S. The molecule has 0 spiro atoms. The van der Waals surface area contributed by atoms with Crippen molar-refractivity contribution in [3.8, 4) is 11.5 Å². The Hall–Kier alpha value is -4.34. The lowest BCUT2D eigenvalue weighted by atomic mass is 10.1. The average molecular weight is 558 g/mol. The van der Waals surface area contributed by atoms with Gasteiger partial charge in [-0.25, -0.2) is 8.42 Å². The first kappa shape index (κ1) is 27.2. The molecule has 2 N–H and O–H groups in total. The standard InChI is InChI=1S/C31H31N3O5S/c1-4-34-27-13-9-8-12-24(27)25-19-22(14-16-28(25)34)32-31(35)26(18-21-10-6-5-7-11-21)33-40(36,37)23-15-17-29(38-2)30(20-23)39-3/h5-17,19-20,26,33H,4,18H2,1-3H3,(H,32,35)/t26-/m0/s1. The molecule has 0 aliphatic carbocycles. The molecule has 0 saturated carbocycles. The molecule has 5 rings (SSSR count). The first-order valence-electron chi connectivity index (χ1n) is 12.9. The zero-order chi connectivity index (χ0) is 28.3. The van der Waals surface area contributed by atoms with Crippen molar-refractivity contribution >= 4 is 43.4 Å². The van der Waals surface area contributed by atoms with E-state index in [1.807, 2.05) is 60.7 Å². The number of sulfonamides is 1. The zero-order valence-electron chi connectivity index (χ0n) is 22.5. The molecule has 0 fully saturated rings. The SMILES string of the molecule is CCn1c2ccccc2c2cc(NC(=O)[C@H](Cc3ccccc3)NS(=O)(=O)c3ccc(OC)c(OC)c3)ccc21. The fourth-order valence-corrected chi connectivity index (χ4v) is 6.19. The average Bonchev–Trinajstić information content (AvgIpc) is 3.29. The predicted molar refractivity (Wildman–Crippen MR) is 158 cm³/mol. The fourth-order valence-electron chi connectivity index (χ4n) is 4.98. The van der Waals surface area contributed by atoms with Crippen molar-refractivity contribution in [2.24, 2.45) is 0 Å². The van der Waals surface area contributed by atoms with Crippen molar-refractivity contribution in [1.29, 1.82) is 0 Å². The van der Waals surface area contributed by atoms with E-state index in [9.17, 15) is 13.2 Å². The maximum absolute atomic E-state index is 13.6. The highest BCUT2D eigenvalue weighted by Gasteiger charge is 2.27. The van der Waals surface area contributed by atoms with Crippen molar-refractivity contribution < 1.29 is 22.7 Å². The van der Waals surface area contributed by atoms with E-state index in [0.29, 0.717) is 11.4 Å². The van der Waals surface area contributed by atoms with Crippen LogP contribution in [0.2, 0.25) is 0 Å². The number of hydrogen-bond donors (Lipinski definition) is 2. The van der Waals surface area contributed by atoms with Gasteiger partial charge in [0.05, 0.1) is 19.1 Å². The van der Waals surface area contributed by atoms with Crippen molar-refractivity contribution in [2.75, 3.05) is 19.5 Å². The summed E-state index contributed by atoms with van der Waals surface area (Å²) in [6.07, 6.45) is 0.163. The van der Waals surface area contributed by atoms with Crippen molar-refractivity contribution in [3.05, 3.63) is 96.6 Å². The van der Waals surface area contributed by atoms with E-state index < -0.39 is 22.0 Å². The summed E-state index contributed by atoms with van der Waals surface area (Å²) in [5, 5.41) is 5.04. The van der Waals surface area contributed by atoms with Gasteiger partial charge >= 0.3 is 0 Å². The summed E-state index contributed by atoms with van der Waals surface area (Å²) >= 11 is 0. The number of carbonyl (C=O) groups is 1. The van der Waals surface area contributed by atoms with Crippen molar-refractivity contribution in [3.63, 3.8) is 0 Å². The molecule has 0 aliphatic heterocycles. The van der Waals surface area contributed by atoms with Gasteiger partial charge in [-0.15, -0.1) is 0 Å². The van der Waals surface area contributed by atoms with E-state index >= 15 is 0 Å². The Balaban J connectivity index is 1.47. The van der Waals surface area contributed by atoms with Gasteiger partial charge in [0.1, 0.15) is 6.04 Å².